The van der Waals surface area contributed by atoms with Gasteiger partial charge in [0.05, 0.1) is 0 Å². The third kappa shape index (κ3) is 4.93. The lowest BCUT2D eigenvalue weighted by molar-refractivity contribution is -0.139. The van der Waals surface area contributed by atoms with E-state index in [1.807, 2.05) is 0 Å². The minimum absolute atomic E-state index is 0.153. The number of amides is 1. The van der Waals surface area contributed by atoms with Crippen LogP contribution in [0.5, 0.6) is 0 Å². The van der Waals surface area contributed by atoms with E-state index in [-0.39, 0.29) is 17.7 Å². The number of aliphatic carboxylic acids is 1. The first kappa shape index (κ1) is 16.1. The average Bonchev–Trinajstić information content (AvgIpc) is 2.57. The van der Waals surface area contributed by atoms with Gasteiger partial charge in [-0.3, -0.25) is 13.8 Å². The van der Waals surface area contributed by atoms with E-state index in [0.29, 0.717) is 0 Å². The van der Waals surface area contributed by atoms with Crippen LogP contribution in [0.1, 0.15) is 52.4 Å². The summed E-state index contributed by atoms with van der Waals surface area (Å²) in [6, 6.07) is 0.153. The Balaban J connectivity index is 2.46. The van der Waals surface area contributed by atoms with Gasteiger partial charge >= 0.3 is 5.97 Å². The van der Waals surface area contributed by atoms with Crippen molar-refractivity contribution in [2.75, 3.05) is 5.75 Å². The van der Waals surface area contributed by atoms with Gasteiger partial charge in [0.2, 0.25) is 5.91 Å². The number of carboxylic acid groups (broad SMARTS) is 1. The van der Waals surface area contributed by atoms with Crippen molar-refractivity contribution in [3.05, 3.63) is 0 Å². The van der Waals surface area contributed by atoms with Gasteiger partial charge in [0, 0.05) is 16.8 Å². The molecule has 1 amide bonds. The second-order valence-corrected chi connectivity index (χ2v) is 7.56. The van der Waals surface area contributed by atoms with Crippen molar-refractivity contribution in [2.24, 2.45) is 0 Å². The van der Waals surface area contributed by atoms with Gasteiger partial charge in [-0.1, -0.05) is 25.7 Å². The molecule has 0 aliphatic heterocycles. The molecule has 6 heteroatoms. The van der Waals surface area contributed by atoms with Crippen LogP contribution in [0.2, 0.25) is 0 Å². The monoisotopic (exact) mass is 289 g/mol. The van der Waals surface area contributed by atoms with Crippen LogP contribution in [0.4, 0.5) is 0 Å². The third-order valence-electron chi connectivity index (χ3n) is 3.57. The Morgan fingerprint density at radius 2 is 1.74 bits per heavy atom. The Labute approximate surface area is 116 Å². The molecule has 0 radical (unpaired) electrons. The first-order valence-electron chi connectivity index (χ1n) is 6.75. The predicted octanol–water partition coefficient (Wildman–Crippen LogP) is 1.44. The first-order valence-corrected chi connectivity index (χ1v) is 8.07. The van der Waals surface area contributed by atoms with Crippen molar-refractivity contribution in [3.63, 3.8) is 0 Å². The number of hydrogen-bond acceptors (Lipinski definition) is 3. The molecule has 1 aliphatic carbocycles. The SMILES string of the molecule is CC(C)(C(=O)O)S(=O)CC(=O)NC1CCCCCC1. The summed E-state index contributed by atoms with van der Waals surface area (Å²) in [4.78, 5) is 22.8. The fraction of sp³-hybridized carbons (Fsp3) is 0.846. The van der Waals surface area contributed by atoms with Gasteiger partial charge in [-0.15, -0.1) is 0 Å². The zero-order valence-electron chi connectivity index (χ0n) is 11.6. The van der Waals surface area contributed by atoms with Gasteiger partial charge in [-0.25, -0.2) is 0 Å². The summed E-state index contributed by atoms with van der Waals surface area (Å²) < 4.78 is 10.5. The van der Waals surface area contributed by atoms with Crippen molar-refractivity contribution in [2.45, 2.75) is 63.2 Å². The van der Waals surface area contributed by atoms with Gasteiger partial charge in [0.15, 0.2) is 0 Å². The topological polar surface area (TPSA) is 83.5 Å². The number of carboxylic acids is 1. The maximum atomic E-state index is 11.9. The third-order valence-corrected chi connectivity index (χ3v) is 5.40. The Morgan fingerprint density at radius 1 is 1.21 bits per heavy atom. The highest BCUT2D eigenvalue weighted by Crippen LogP contribution is 2.18. The van der Waals surface area contributed by atoms with Crippen molar-refractivity contribution < 1.29 is 18.9 Å². The van der Waals surface area contributed by atoms with Gasteiger partial charge in [0.1, 0.15) is 10.5 Å². The van der Waals surface area contributed by atoms with Crippen LogP contribution in [0, 0.1) is 0 Å². The summed E-state index contributed by atoms with van der Waals surface area (Å²) in [5.41, 5.74) is 0. The normalized spacial score (nSPS) is 19.5. The first-order chi connectivity index (χ1) is 8.84. The zero-order chi connectivity index (χ0) is 14.5. The van der Waals surface area contributed by atoms with Crippen LogP contribution < -0.4 is 5.32 Å². The van der Waals surface area contributed by atoms with Gasteiger partial charge in [-0.2, -0.15) is 0 Å². The zero-order valence-corrected chi connectivity index (χ0v) is 12.4. The van der Waals surface area contributed by atoms with E-state index in [4.69, 9.17) is 5.11 Å². The quantitative estimate of drug-likeness (QED) is 0.750. The molecule has 110 valence electrons. The molecule has 0 aromatic rings. The fourth-order valence-corrected chi connectivity index (χ4v) is 2.97. The van der Waals surface area contributed by atoms with Crippen LogP contribution in [0.3, 0.4) is 0 Å². The molecule has 19 heavy (non-hydrogen) atoms. The minimum Gasteiger partial charge on any atom is -0.480 e. The molecule has 0 bridgehead atoms. The Kier molecular flexibility index (Phi) is 5.97. The van der Waals surface area contributed by atoms with Crippen molar-refractivity contribution in [3.8, 4) is 0 Å². The molecular weight excluding hydrogens is 266 g/mol. The van der Waals surface area contributed by atoms with Crippen molar-refractivity contribution >= 4 is 22.7 Å². The van der Waals surface area contributed by atoms with Crippen LogP contribution in [-0.2, 0) is 20.4 Å². The van der Waals surface area contributed by atoms with E-state index in [2.05, 4.69) is 5.32 Å². The van der Waals surface area contributed by atoms with Crippen molar-refractivity contribution in [1.29, 1.82) is 0 Å². The molecule has 0 saturated heterocycles. The molecule has 1 unspecified atom stereocenters. The maximum absolute atomic E-state index is 11.9. The predicted molar refractivity (Wildman–Crippen MR) is 74.4 cm³/mol. The molecule has 1 atom stereocenters. The van der Waals surface area contributed by atoms with Crippen LogP contribution >= 0.6 is 0 Å². The number of hydrogen-bond donors (Lipinski definition) is 2. The summed E-state index contributed by atoms with van der Waals surface area (Å²) in [6.07, 6.45) is 6.53. The molecule has 1 saturated carbocycles. The molecule has 0 heterocycles. The van der Waals surface area contributed by atoms with Crippen molar-refractivity contribution in [1.82, 2.24) is 5.32 Å². The van der Waals surface area contributed by atoms with Crippen LogP contribution in [0.15, 0.2) is 0 Å². The average molecular weight is 289 g/mol. The smallest absolute Gasteiger partial charge is 0.321 e. The maximum Gasteiger partial charge on any atom is 0.321 e. The molecule has 0 spiro atoms. The lowest BCUT2D eigenvalue weighted by Gasteiger charge is -2.20. The Hall–Kier alpha value is -0.910. The fourth-order valence-electron chi connectivity index (χ4n) is 2.09. The standard InChI is InChI=1S/C13H23NO4S/c1-13(2,12(16)17)19(18)9-11(15)14-10-7-5-3-4-6-8-10/h10H,3-9H2,1-2H3,(H,14,15)(H,16,17). The molecule has 0 aromatic heterocycles. The molecule has 0 aromatic carbocycles. The van der Waals surface area contributed by atoms with E-state index >= 15 is 0 Å². The molecule has 1 rings (SSSR count). The second-order valence-electron chi connectivity index (χ2n) is 5.56. The summed E-state index contributed by atoms with van der Waals surface area (Å²) in [6.45, 7) is 2.76. The summed E-state index contributed by atoms with van der Waals surface area (Å²) in [5, 5.41) is 11.8. The van der Waals surface area contributed by atoms with E-state index in [0.717, 1.165) is 25.7 Å². The highest BCUT2D eigenvalue weighted by Gasteiger charge is 2.35. The summed E-state index contributed by atoms with van der Waals surface area (Å²) >= 11 is 0. The van der Waals surface area contributed by atoms with Crippen LogP contribution in [-0.4, -0.2) is 37.7 Å². The Bertz CT molecular complexity index is 360. The molecule has 1 aliphatic rings. The van der Waals surface area contributed by atoms with E-state index in [1.165, 1.54) is 26.7 Å². The van der Waals surface area contributed by atoms with Gasteiger partial charge in [0.25, 0.3) is 0 Å². The highest BCUT2D eigenvalue weighted by atomic mass is 32.2. The number of rotatable bonds is 5. The molecular formula is C13H23NO4S. The Morgan fingerprint density at radius 3 is 2.21 bits per heavy atom. The second kappa shape index (κ2) is 7.03. The molecule has 1 fully saturated rings. The lowest BCUT2D eigenvalue weighted by Crippen LogP contribution is -2.43. The highest BCUT2D eigenvalue weighted by molar-refractivity contribution is 7.87. The molecule has 5 nitrogen and oxygen atoms in total. The van der Waals surface area contributed by atoms with Gasteiger partial charge in [-0.05, 0) is 26.7 Å². The van der Waals surface area contributed by atoms with Gasteiger partial charge < -0.3 is 10.4 Å². The van der Waals surface area contributed by atoms with E-state index in [1.54, 1.807) is 0 Å². The lowest BCUT2D eigenvalue weighted by atomic mass is 10.1. The minimum atomic E-state index is -1.71. The van der Waals surface area contributed by atoms with E-state index < -0.39 is 21.5 Å². The number of carbonyl (C=O) groups excluding carboxylic acids is 1. The van der Waals surface area contributed by atoms with Crippen LogP contribution in [0.25, 0.3) is 0 Å². The van der Waals surface area contributed by atoms with E-state index in [9.17, 15) is 13.8 Å². The molecule has 2 N–H and O–H groups in total. The summed E-state index contributed by atoms with van der Waals surface area (Å²) in [7, 11) is -1.71. The largest absolute Gasteiger partial charge is 0.480 e. The number of nitrogens with one attached hydrogen (secondary N) is 1. The summed E-state index contributed by atoms with van der Waals surface area (Å²) in [5.74, 6) is -1.69. The number of carbonyl (C=O) groups is 2.